The van der Waals surface area contributed by atoms with Crippen molar-refractivity contribution in [2.45, 2.75) is 39.3 Å². The summed E-state index contributed by atoms with van der Waals surface area (Å²) in [5.74, 6) is 2.35. The maximum Gasteiger partial charge on any atom is 0.209 e. The maximum absolute atomic E-state index is 6.46. The molecule has 1 aromatic carbocycles. The van der Waals surface area contributed by atoms with E-state index in [1.165, 1.54) is 5.56 Å². The van der Waals surface area contributed by atoms with Gasteiger partial charge in [-0.25, -0.2) is 15.0 Å². The van der Waals surface area contributed by atoms with Gasteiger partial charge in [-0.2, -0.15) is 0 Å². The first-order chi connectivity index (χ1) is 13.9. The summed E-state index contributed by atoms with van der Waals surface area (Å²) < 4.78 is 6.07. The van der Waals surface area contributed by atoms with Gasteiger partial charge in [-0.15, -0.1) is 0 Å². The molecular weight excluding hydrogens is 364 g/mol. The topological polar surface area (TPSA) is 84.3 Å². The Morgan fingerprint density at radius 1 is 1.17 bits per heavy atom. The molecule has 2 aromatic heterocycles. The van der Waals surface area contributed by atoms with Crippen LogP contribution in [0.4, 0.5) is 5.82 Å². The number of aromatic nitrogens is 3. The van der Waals surface area contributed by atoms with Gasteiger partial charge < -0.3 is 15.1 Å². The number of hydrogen-bond acceptors (Lipinski definition) is 7. The summed E-state index contributed by atoms with van der Waals surface area (Å²) >= 11 is 0. The predicted molar refractivity (Wildman–Crippen MR) is 113 cm³/mol. The first kappa shape index (κ1) is 18.5. The lowest BCUT2D eigenvalue weighted by molar-refractivity contribution is 0.228. The van der Waals surface area contributed by atoms with Crippen LogP contribution in [0.3, 0.4) is 0 Å². The minimum Gasteiger partial charge on any atom is -0.439 e. The Morgan fingerprint density at radius 3 is 2.66 bits per heavy atom. The number of aryl methyl sites for hydroxylation is 1. The molecule has 2 aliphatic rings. The number of nitrogens with zero attached hydrogens (tertiary/aromatic N) is 5. The number of anilines is 1. The number of benzene rings is 1. The molecule has 2 N–H and O–H groups in total. The lowest BCUT2D eigenvalue weighted by Crippen LogP contribution is -2.46. The Bertz CT molecular complexity index is 1050. The molecular formula is C22H28N6O. The molecule has 5 rings (SSSR count). The SMILES string of the molecule is Cc1ncnc(N2CCN(Cc3nc4ccc(C5(N)CC5C)cc4o3)CC2)c1C. The quantitative estimate of drug-likeness (QED) is 0.731. The minimum atomic E-state index is -0.186. The molecule has 2 fully saturated rings. The summed E-state index contributed by atoms with van der Waals surface area (Å²) in [6, 6.07) is 6.21. The Labute approximate surface area is 170 Å². The van der Waals surface area contributed by atoms with Crippen molar-refractivity contribution in [1.29, 1.82) is 0 Å². The van der Waals surface area contributed by atoms with Gasteiger partial charge in [0.15, 0.2) is 5.58 Å². The zero-order chi connectivity index (χ0) is 20.2. The Kier molecular flexibility index (Phi) is 4.33. The summed E-state index contributed by atoms with van der Waals surface area (Å²) in [5.41, 5.74) is 11.4. The van der Waals surface area contributed by atoms with Crippen LogP contribution in [0.2, 0.25) is 0 Å². The van der Waals surface area contributed by atoms with Gasteiger partial charge >= 0.3 is 0 Å². The van der Waals surface area contributed by atoms with E-state index in [4.69, 9.17) is 10.2 Å². The van der Waals surface area contributed by atoms with Crippen LogP contribution < -0.4 is 10.6 Å². The standard InChI is InChI=1S/C22H28N6O/c1-14-11-22(14,23)17-4-5-18-19(10-17)29-20(26-18)12-27-6-8-28(9-7-27)21-15(2)16(3)24-13-25-21/h4-5,10,13-14H,6-9,11-12,23H2,1-3H3. The zero-order valence-corrected chi connectivity index (χ0v) is 17.4. The van der Waals surface area contributed by atoms with Crippen LogP contribution in [0.1, 0.15) is 36.1 Å². The molecule has 1 aliphatic carbocycles. The number of oxazole rings is 1. The van der Waals surface area contributed by atoms with Crippen LogP contribution in [-0.4, -0.2) is 46.0 Å². The molecule has 1 saturated carbocycles. The summed E-state index contributed by atoms with van der Waals surface area (Å²) in [6.45, 7) is 10.8. The van der Waals surface area contributed by atoms with E-state index in [9.17, 15) is 0 Å². The molecule has 7 heteroatoms. The second-order valence-electron chi connectivity index (χ2n) is 8.61. The highest BCUT2D eigenvalue weighted by molar-refractivity contribution is 5.74. The van der Waals surface area contributed by atoms with Crippen LogP contribution in [-0.2, 0) is 12.1 Å². The summed E-state index contributed by atoms with van der Waals surface area (Å²) in [6.07, 6.45) is 2.69. The molecule has 2 unspecified atom stereocenters. The number of fused-ring (bicyclic) bond motifs is 1. The van der Waals surface area contributed by atoms with Crippen molar-refractivity contribution in [3.05, 3.63) is 47.2 Å². The fourth-order valence-corrected chi connectivity index (χ4v) is 4.33. The molecule has 0 bridgehead atoms. The van der Waals surface area contributed by atoms with E-state index in [1.54, 1.807) is 6.33 Å². The molecule has 0 spiro atoms. The van der Waals surface area contributed by atoms with Gasteiger partial charge in [-0.05, 0) is 43.9 Å². The van der Waals surface area contributed by atoms with Crippen molar-refractivity contribution in [1.82, 2.24) is 19.9 Å². The fourth-order valence-electron chi connectivity index (χ4n) is 4.33. The first-order valence-electron chi connectivity index (χ1n) is 10.4. The normalized spacial score (nSPS) is 25.0. The molecule has 1 aliphatic heterocycles. The van der Waals surface area contributed by atoms with Crippen LogP contribution >= 0.6 is 0 Å². The van der Waals surface area contributed by atoms with Crippen molar-refractivity contribution >= 4 is 16.9 Å². The lowest BCUT2D eigenvalue weighted by Gasteiger charge is -2.35. The van der Waals surface area contributed by atoms with Gasteiger partial charge in [0.25, 0.3) is 0 Å². The van der Waals surface area contributed by atoms with Crippen LogP contribution in [0, 0.1) is 19.8 Å². The molecule has 0 amide bonds. The molecule has 3 aromatic rings. The Hall–Kier alpha value is -2.51. The third-order valence-electron chi connectivity index (χ3n) is 6.67. The van der Waals surface area contributed by atoms with Crippen molar-refractivity contribution in [3.63, 3.8) is 0 Å². The highest BCUT2D eigenvalue weighted by atomic mass is 16.3. The van der Waals surface area contributed by atoms with Gasteiger partial charge in [0.2, 0.25) is 5.89 Å². The van der Waals surface area contributed by atoms with E-state index < -0.39 is 0 Å². The zero-order valence-electron chi connectivity index (χ0n) is 17.4. The van der Waals surface area contributed by atoms with Crippen LogP contribution in [0.25, 0.3) is 11.1 Å². The van der Waals surface area contributed by atoms with E-state index in [0.717, 1.165) is 73.2 Å². The van der Waals surface area contributed by atoms with Crippen LogP contribution in [0.15, 0.2) is 28.9 Å². The second kappa shape index (κ2) is 6.78. The molecule has 1 saturated heterocycles. The third-order valence-corrected chi connectivity index (χ3v) is 6.67. The van der Waals surface area contributed by atoms with Crippen molar-refractivity contribution in [2.24, 2.45) is 11.7 Å². The molecule has 7 nitrogen and oxygen atoms in total. The molecule has 2 atom stereocenters. The summed E-state index contributed by atoms with van der Waals surface area (Å²) in [5, 5.41) is 0. The average Bonchev–Trinajstić information content (AvgIpc) is 3.15. The van der Waals surface area contributed by atoms with Gasteiger partial charge in [-0.3, -0.25) is 4.90 Å². The highest BCUT2D eigenvalue weighted by Crippen LogP contribution is 2.49. The lowest BCUT2D eigenvalue weighted by atomic mass is 10.0. The van der Waals surface area contributed by atoms with Crippen LogP contribution in [0.5, 0.6) is 0 Å². The van der Waals surface area contributed by atoms with Crippen molar-refractivity contribution in [2.75, 3.05) is 31.1 Å². The molecule has 0 radical (unpaired) electrons. The molecule has 152 valence electrons. The number of rotatable bonds is 4. The Morgan fingerprint density at radius 2 is 1.93 bits per heavy atom. The summed E-state index contributed by atoms with van der Waals surface area (Å²) in [7, 11) is 0. The Balaban J connectivity index is 1.26. The van der Waals surface area contributed by atoms with E-state index in [1.807, 2.05) is 13.0 Å². The highest BCUT2D eigenvalue weighted by Gasteiger charge is 2.49. The average molecular weight is 393 g/mol. The maximum atomic E-state index is 6.46. The molecule has 3 heterocycles. The number of nitrogens with two attached hydrogens (primary N) is 1. The van der Waals surface area contributed by atoms with E-state index in [-0.39, 0.29) is 5.54 Å². The second-order valence-corrected chi connectivity index (χ2v) is 8.61. The van der Waals surface area contributed by atoms with Gasteiger partial charge in [0.1, 0.15) is 17.7 Å². The number of piperazine rings is 1. The van der Waals surface area contributed by atoms with Crippen molar-refractivity contribution < 1.29 is 4.42 Å². The smallest absolute Gasteiger partial charge is 0.209 e. The fraction of sp³-hybridized carbons (Fsp3) is 0.500. The third kappa shape index (κ3) is 3.28. The monoisotopic (exact) mass is 392 g/mol. The molecule has 29 heavy (non-hydrogen) atoms. The summed E-state index contributed by atoms with van der Waals surface area (Å²) in [4.78, 5) is 18.2. The first-order valence-corrected chi connectivity index (χ1v) is 10.4. The van der Waals surface area contributed by atoms with Crippen molar-refractivity contribution in [3.8, 4) is 0 Å². The minimum absolute atomic E-state index is 0.186. The number of hydrogen-bond donors (Lipinski definition) is 1. The van der Waals surface area contributed by atoms with E-state index >= 15 is 0 Å². The van der Waals surface area contributed by atoms with E-state index in [2.05, 4.69) is 50.7 Å². The van der Waals surface area contributed by atoms with Gasteiger partial charge in [-0.1, -0.05) is 13.0 Å². The van der Waals surface area contributed by atoms with E-state index in [0.29, 0.717) is 5.92 Å². The van der Waals surface area contributed by atoms with Gasteiger partial charge in [0.05, 0.1) is 6.54 Å². The predicted octanol–water partition coefficient (Wildman–Crippen LogP) is 2.75. The van der Waals surface area contributed by atoms with Gasteiger partial charge in [0, 0.05) is 43.0 Å². The largest absolute Gasteiger partial charge is 0.439 e.